The second-order valence-corrected chi connectivity index (χ2v) is 5.58. The van der Waals surface area contributed by atoms with Crippen LogP contribution in [0.25, 0.3) is 11.3 Å². The van der Waals surface area contributed by atoms with Crippen LogP contribution in [0.3, 0.4) is 0 Å². The van der Waals surface area contributed by atoms with Crippen LogP contribution in [0.5, 0.6) is 0 Å². The van der Waals surface area contributed by atoms with Crippen LogP contribution in [0.1, 0.15) is 32.3 Å². The number of aromatic nitrogens is 4. The van der Waals surface area contributed by atoms with Gasteiger partial charge in [-0.15, -0.1) is 0 Å². The van der Waals surface area contributed by atoms with Crippen molar-refractivity contribution in [1.29, 1.82) is 0 Å². The predicted molar refractivity (Wildman–Crippen MR) is 72.4 cm³/mol. The number of nitrogen functional groups attached to an aromatic ring is 2. The predicted octanol–water partition coefficient (Wildman–Crippen LogP) is 1.19. The number of aryl methyl sites for hydroxylation is 2. The van der Waals surface area contributed by atoms with Crippen LogP contribution in [0, 0.1) is 6.92 Å². The molecule has 0 spiro atoms. The summed E-state index contributed by atoms with van der Waals surface area (Å²) in [5, 5.41) is 4.51. The van der Waals surface area contributed by atoms with E-state index in [-0.39, 0.29) is 5.41 Å². The Morgan fingerprint density at radius 3 is 2.33 bits per heavy atom. The first-order valence-corrected chi connectivity index (χ1v) is 5.86. The zero-order chi connectivity index (χ0) is 13.7. The van der Waals surface area contributed by atoms with E-state index >= 15 is 0 Å². The normalized spacial score (nSPS) is 12.1. The molecule has 6 heteroatoms. The van der Waals surface area contributed by atoms with E-state index in [4.69, 9.17) is 11.6 Å². The van der Waals surface area contributed by atoms with Gasteiger partial charge < -0.3 is 11.6 Å². The van der Waals surface area contributed by atoms with Crippen molar-refractivity contribution in [3.05, 3.63) is 17.7 Å². The molecule has 2 aromatic rings. The Kier molecular flexibility index (Phi) is 2.61. The number of hydrogen-bond acceptors (Lipinski definition) is 4. The summed E-state index contributed by atoms with van der Waals surface area (Å²) in [5.74, 6) is 6.96. The largest absolute Gasteiger partial charge is 0.382 e. The monoisotopic (exact) mass is 248 g/mol. The highest BCUT2D eigenvalue weighted by atomic mass is 15.4. The van der Waals surface area contributed by atoms with Crippen LogP contribution in [-0.4, -0.2) is 19.4 Å². The zero-order valence-electron chi connectivity index (χ0n) is 11.5. The minimum absolute atomic E-state index is 0.0741. The molecule has 0 fully saturated rings. The summed E-state index contributed by atoms with van der Waals surface area (Å²) in [4.78, 5) is 4.43. The molecule has 0 radical (unpaired) electrons. The third-order valence-corrected chi connectivity index (χ3v) is 2.92. The molecule has 0 aliphatic carbocycles. The van der Waals surface area contributed by atoms with E-state index in [1.807, 2.05) is 20.2 Å². The van der Waals surface area contributed by atoms with Crippen molar-refractivity contribution in [3.8, 4) is 11.3 Å². The van der Waals surface area contributed by atoms with Crippen LogP contribution >= 0.6 is 0 Å². The van der Waals surface area contributed by atoms with Crippen LogP contribution in [0.4, 0.5) is 5.82 Å². The number of nitrogens with zero attached hydrogens (tertiary/aromatic N) is 4. The summed E-state index contributed by atoms with van der Waals surface area (Å²) in [6.45, 7) is 8.16. The lowest BCUT2D eigenvalue weighted by atomic mass is 9.89. The van der Waals surface area contributed by atoms with Crippen LogP contribution in [-0.2, 0) is 12.5 Å². The molecule has 0 unspecified atom stereocenters. The van der Waals surface area contributed by atoms with E-state index < -0.39 is 0 Å². The molecule has 0 aliphatic heterocycles. The highest BCUT2D eigenvalue weighted by molar-refractivity contribution is 5.73. The summed E-state index contributed by atoms with van der Waals surface area (Å²) >= 11 is 0. The van der Waals surface area contributed by atoms with Gasteiger partial charge in [0, 0.05) is 24.2 Å². The van der Waals surface area contributed by atoms with Gasteiger partial charge in [-0.05, 0) is 6.92 Å². The number of hydrogen-bond donors (Lipinski definition) is 2. The van der Waals surface area contributed by atoms with E-state index in [2.05, 4.69) is 30.9 Å². The van der Waals surface area contributed by atoms with Crippen LogP contribution in [0.15, 0.2) is 6.20 Å². The van der Waals surface area contributed by atoms with Crippen molar-refractivity contribution in [1.82, 2.24) is 19.4 Å². The van der Waals surface area contributed by atoms with Gasteiger partial charge in [-0.1, -0.05) is 20.8 Å². The molecule has 0 amide bonds. The van der Waals surface area contributed by atoms with Gasteiger partial charge in [0.2, 0.25) is 0 Å². The Balaban J connectivity index is 2.68. The second-order valence-electron chi connectivity index (χ2n) is 5.58. The Labute approximate surface area is 107 Å². The fourth-order valence-corrected chi connectivity index (χ4v) is 1.98. The maximum atomic E-state index is 6.00. The Morgan fingerprint density at radius 2 is 1.89 bits per heavy atom. The second kappa shape index (κ2) is 3.76. The summed E-state index contributed by atoms with van der Waals surface area (Å²) in [6, 6.07) is 0. The molecule has 6 nitrogen and oxygen atoms in total. The van der Waals surface area contributed by atoms with E-state index in [0.29, 0.717) is 17.3 Å². The minimum atomic E-state index is -0.0741. The molecule has 0 aliphatic rings. The van der Waals surface area contributed by atoms with E-state index in [1.165, 1.54) is 4.68 Å². The fraction of sp³-hybridized carbons (Fsp3) is 0.500. The minimum Gasteiger partial charge on any atom is -0.382 e. The molecule has 0 saturated carbocycles. The van der Waals surface area contributed by atoms with Crippen molar-refractivity contribution in [2.45, 2.75) is 33.1 Å². The first kappa shape index (κ1) is 12.5. The molecule has 4 N–H and O–H groups in total. The standard InChI is InChI=1S/C12H20N6/c1-7-15-9(11(13)18(7)14)8-6-17(5)16-10(8)12(2,3)4/h6H,13-14H2,1-5H3. The van der Waals surface area contributed by atoms with Gasteiger partial charge in [0.1, 0.15) is 11.5 Å². The fourth-order valence-electron chi connectivity index (χ4n) is 1.98. The molecule has 0 atom stereocenters. The van der Waals surface area contributed by atoms with Crippen molar-refractivity contribution in [2.24, 2.45) is 7.05 Å². The highest BCUT2D eigenvalue weighted by Crippen LogP contribution is 2.33. The first-order chi connectivity index (χ1) is 8.21. The molecule has 2 aromatic heterocycles. The van der Waals surface area contributed by atoms with Crippen molar-refractivity contribution >= 4 is 5.82 Å². The quantitative estimate of drug-likeness (QED) is 0.742. The van der Waals surface area contributed by atoms with Crippen molar-refractivity contribution in [3.63, 3.8) is 0 Å². The number of rotatable bonds is 1. The summed E-state index contributed by atoms with van der Waals surface area (Å²) in [5.41, 5.74) is 8.53. The van der Waals surface area contributed by atoms with Gasteiger partial charge in [0.15, 0.2) is 5.82 Å². The Morgan fingerprint density at radius 1 is 1.28 bits per heavy atom. The zero-order valence-corrected chi connectivity index (χ0v) is 11.5. The summed E-state index contributed by atoms with van der Waals surface area (Å²) in [6.07, 6.45) is 1.93. The third-order valence-electron chi connectivity index (χ3n) is 2.92. The van der Waals surface area contributed by atoms with Gasteiger partial charge in [-0.2, -0.15) is 5.10 Å². The van der Waals surface area contributed by atoms with Crippen molar-refractivity contribution in [2.75, 3.05) is 11.6 Å². The molecule has 0 bridgehead atoms. The molecule has 0 aromatic carbocycles. The SMILES string of the molecule is Cc1nc(-c2cn(C)nc2C(C)(C)C)c(N)n1N. The smallest absolute Gasteiger partial charge is 0.150 e. The van der Waals surface area contributed by atoms with Crippen LogP contribution < -0.4 is 11.6 Å². The number of anilines is 1. The average Bonchev–Trinajstić information content (AvgIpc) is 2.74. The van der Waals surface area contributed by atoms with Crippen molar-refractivity contribution < 1.29 is 0 Å². The molecule has 18 heavy (non-hydrogen) atoms. The lowest BCUT2D eigenvalue weighted by Gasteiger charge is -2.16. The topological polar surface area (TPSA) is 87.7 Å². The Hall–Kier alpha value is -1.98. The molecule has 0 saturated heterocycles. The molecular formula is C12H20N6. The van der Waals surface area contributed by atoms with Gasteiger partial charge >= 0.3 is 0 Å². The van der Waals surface area contributed by atoms with Crippen LogP contribution in [0.2, 0.25) is 0 Å². The van der Waals surface area contributed by atoms with E-state index in [9.17, 15) is 0 Å². The maximum Gasteiger partial charge on any atom is 0.150 e. The Bertz CT molecular complexity index is 584. The average molecular weight is 248 g/mol. The van der Waals surface area contributed by atoms with Gasteiger partial charge in [-0.3, -0.25) is 4.68 Å². The number of nitrogens with two attached hydrogens (primary N) is 2. The maximum absolute atomic E-state index is 6.00. The molecule has 98 valence electrons. The number of imidazole rings is 1. The summed E-state index contributed by atoms with van der Waals surface area (Å²) in [7, 11) is 1.89. The highest BCUT2D eigenvalue weighted by Gasteiger charge is 2.26. The van der Waals surface area contributed by atoms with Gasteiger partial charge in [0.25, 0.3) is 0 Å². The lowest BCUT2D eigenvalue weighted by molar-refractivity contribution is 0.554. The third kappa shape index (κ3) is 1.83. The summed E-state index contributed by atoms with van der Waals surface area (Å²) < 4.78 is 3.18. The van der Waals surface area contributed by atoms with Gasteiger partial charge in [0.05, 0.1) is 5.69 Å². The molecular weight excluding hydrogens is 228 g/mol. The van der Waals surface area contributed by atoms with E-state index in [1.54, 1.807) is 4.68 Å². The first-order valence-electron chi connectivity index (χ1n) is 5.86. The lowest BCUT2D eigenvalue weighted by Crippen LogP contribution is -2.15. The molecule has 2 rings (SSSR count). The van der Waals surface area contributed by atoms with Gasteiger partial charge in [-0.25, -0.2) is 9.66 Å². The molecule has 2 heterocycles. The van der Waals surface area contributed by atoms with E-state index in [0.717, 1.165) is 11.3 Å².